The maximum Gasteiger partial charge on any atom is 0.242 e. The summed E-state index contributed by atoms with van der Waals surface area (Å²) in [6.45, 7) is 20.9. The van der Waals surface area contributed by atoms with Crippen molar-refractivity contribution < 1.29 is 33.4 Å². The molecule has 0 aliphatic carbocycles. The predicted octanol–water partition coefficient (Wildman–Crippen LogP) is 5.82. The maximum atomic E-state index is 13.9. The number of hydrogen-bond donors (Lipinski definition) is 3. The Morgan fingerprint density at radius 1 is 1.02 bits per heavy atom. The monoisotopic (exact) mass is 890 g/mol. The average molecular weight is 890 g/mol. The highest BCUT2D eigenvalue weighted by Crippen LogP contribution is 2.30. The lowest BCUT2D eigenvalue weighted by Crippen LogP contribution is -2.54. The molecule has 1 aromatic heterocycles. The molecule has 1 aliphatic rings. The van der Waals surface area contributed by atoms with Crippen LogP contribution >= 0.6 is 11.3 Å². The van der Waals surface area contributed by atoms with Gasteiger partial charge in [0.2, 0.25) is 24.1 Å². The van der Waals surface area contributed by atoms with E-state index >= 15 is 0 Å². The van der Waals surface area contributed by atoms with Crippen LogP contribution in [0.2, 0.25) is 0 Å². The number of likely N-dealkylation sites (tertiary alicyclic amines) is 1. The summed E-state index contributed by atoms with van der Waals surface area (Å²) in [5, 5.41) is 11.4. The van der Waals surface area contributed by atoms with E-state index in [1.165, 1.54) is 17.8 Å². The first kappa shape index (κ1) is 56.5. The van der Waals surface area contributed by atoms with Crippen LogP contribution in [0.15, 0.2) is 41.9 Å². The molecule has 8 unspecified atom stereocenters. The van der Waals surface area contributed by atoms with Gasteiger partial charge in [-0.15, -0.1) is 11.3 Å². The Morgan fingerprint density at radius 2 is 1.69 bits per heavy atom. The van der Waals surface area contributed by atoms with E-state index in [-0.39, 0.29) is 54.7 Å². The van der Waals surface area contributed by atoms with Gasteiger partial charge in [0.15, 0.2) is 0 Å². The van der Waals surface area contributed by atoms with Crippen LogP contribution in [-0.4, -0.2) is 149 Å². The van der Waals surface area contributed by atoms with Crippen LogP contribution < -0.4 is 16.0 Å². The quantitative estimate of drug-likeness (QED) is 0.0778. The molecule has 62 heavy (non-hydrogen) atoms. The third-order valence-electron chi connectivity index (χ3n) is 11.7. The van der Waals surface area contributed by atoms with Gasteiger partial charge in [-0.25, -0.2) is 4.98 Å². The molecule has 1 aliphatic heterocycles. The van der Waals surface area contributed by atoms with Crippen LogP contribution in [0, 0.1) is 17.8 Å². The molecule has 1 aromatic carbocycles. The number of carbonyl (C=O) groups is 4. The number of rotatable bonds is 26. The van der Waals surface area contributed by atoms with E-state index in [2.05, 4.69) is 67.5 Å². The molecule has 0 radical (unpaired) electrons. The molecule has 0 spiro atoms. The van der Waals surface area contributed by atoms with Crippen LogP contribution in [0.5, 0.6) is 0 Å². The minimum atomic E-state index is -0.558. The number of benzene rings is 1. The van der Waals surface area contributed by atoms with Crippen molar-refractivity contribution in [3.63, 3.8) is 0 Å². The number of nitrogens with one attached hydrogen (secondary N) is 3. The van der Waals surface area contributed by atoms with Gasteiger partial charge in [0.05, 0.1) is 62.4 Å². The molecule has 3 N–H and O–H groups in total. The normalized spacial score (nSPS) is 17.0. The molecule has 15 heteroatoms. The fourth-order valence-corrected chi connectivity index (χ4v) is 8.23. The summed E-state index contributed by atoms with van der Waals surface area (Å²) in [4.78, 5) is 61.4. The molecule has 4 amide bonds. The third kappa shape index (κ3) is 19.5. The molecule has 354 valence electrons. The molecular formula is C47H83N7O7S. The summed E-state index contributed by atoms with van der Waals surface area (Å²) >= 11 is 1.50. The SMILES string of the molecule is CCC.CCC(C)C(C(CC(=O)N1CCCC1C(OC)C(C)C(=O)NC(Cc1ccccc1)c1nccs1)OC)N(C)C(=O)CNC=O.CNCCOCCN(C)C(C)C(C)C. The molecule has 0 saturated carbocycles. The van der Waals surface area contributed by atoms with E-state index in [9.17, 15) is 19.2 Å². The molecule has 2 heterocycles. The Hall–Kier alpha value is -3.47. The zero-order chi connectivity index (χ0) is 46.6. The molecular weight excluding hydrogens is 807 g/mol. The number of methoxy groups -OCH3 is 2. The van der Waals surface area contributed by atoms with Gasteiger partial charge < -0.3 is 44.9 Å². The van der Waals surface area contributed by atoms with Gasteiger partial charge >= 0.3 is 0 Å². The predicted molar refractivity (Wildman–Crippen MR) is 251 cm³/mol. The van der Waals surface area contributed by atoms with Crippen LogP contribution in [0.4, 0.5) is 0 Å². The van der Waals surface area contributed by atoms with E-state index in [0.717, 1.165) is 49.7 Å². The Labute approximate surface area is 378 Å². The van der Waals surface area contributed by atoms with Crippen molar-refractivity contribution in [3.8, 4) is 0 Å². The molecule has 1 fully saturated rings. The maximum absolute atomic E-state index is 13.9. The van der Waals surface area contributed by atoms with Gasteiger partial charge in [0.1, 0.15) is 5.01 Å². The van der Waals surface area contributed by atoms with Crippen LogP contribution in [0.3, 0.4) is 0 Å². The van der Waals surface area contributed by atoms with Crippen molar-refractivity contribution in [2.45, 2.75) is 130 Å². The Bertz CT molecular complexity index is 1490. The second-order valence-corrected chi connectivity index (χ2v) is 17.6. The van der Waals surface area contributed by atoms with Crippen molar-refractivity contribution in [2.75, 3.05) is 74.8 Å². The number of carbonyl (C=O) groups excluding carboxylic acids is 4. The first-order valence-corrected chi connectivity index (χ1v) is 23.5. The van der Waals surface area contributed by atoms with E-state index in [0.29, 0.717) is 37.8 Å². The van der Waals surface area contributed by atoms with Crippen LogP contribution in [-0.2, 0) is 39.8 Å². The number of thiazole rings is 1. The van der Waals surface area contributed by atoms with Crippen molar-refractivity contribution >= 4 is 35.5 Å². The summed E-state index contributed by atoms with van der Waals surface area (Å²) in [5.41, 5.74) is 1.09. The van der Waals surface area contributed by atoms with E-state index in [1.807, 2.05) is 68.4 Å². The third-order valence-corrected chi connectivity index (χ3v) is 12.6. The fourth-order valence-electron chi connectivity index (χ4n) is 7.54. The first-order valence-electron chi connectivity index (χ1n) is 22.6. The van der Waals surface area contributed by atoms with Gasteiger partial charge in [-0.1, -0.05) is 91.6 Å². The zero-order valence-corrected chi connectivity index (χ0v) is 41.2. The summed E-state index contributed by atoms with van der Waals surface area (Å²) in [6.07, 6.45) is 5.36. The minimum Gasteiger partial charge on any atom is -0.379 e. The number of amides is 4. The second-order valence-electron chi connectivity index (χ2n) is 16.7. The summed E-state index contributed by atoms with van der Waals surface area (Å²) in [7, 11) is 8.92. The van der Waals surface area contributed by atoms with Gasteiger partial charge in [-0.2, -0.15) is 0 Å². The lowest BCUT2D eigenvalue weighted by molar-refractivity contribution is -0.145. The summed E-state index contributed by atoms with van der Waals surface area (Å²) < 4.78 is 17.3. The van der Waals surface area contributed by atoms with Gasteiger partial charge in [0, 0.05) is 58.5 Å². The Kier molecular flexibility index (Phi) is 29.4. The van der Waals surface area contributed by atoms with Crippen molar-refractivity contribution in [3.05, 3.63) is 52.5 Å². The number of nitrogens with zero attached hydrogens (tertiary/aromatic N) is 4. The van der Waals surface area contributed by atoms with E-state index in [4.69, 9.17) is 14.2 Å². The Balaban J connectivity index is 0.000000952. The average Bonchev–Trinajstić information content (AvgIpc) is 3.99. The van der Waals surface area contributed by atoms with E-state index < -0.39 is 18.1 Å². The zero-order valence-electron chi connectivity index (χ0n) is 40.4. The standard InChI is InChI=1S/C33H49N5O6S.C11H26N2O.C3H8/c1-7-22(2)30(37(4)29(41)20-34-21-39)27(43-5)19-28(40)38-16-11-14-26(38)31(44-6)23(3)32(42)36-25(33-35-15-17-45-33)18-24-12-9-8-10-13-24;1-10(2)11(3)13(5)7-9-14-8-6-12-4;1-3-2/h8-10,12-13,15,17,21-23,25-27,30-31H,7,11,14,16,18-20H2,1-6H3,(H,34,39)(H,36,42);10-12H,6-9H2,1-5H3;3H2,1-2H3. The fraction of sp³-hybridized carbons (Fsp3) is 0.723. The minimum absolute atomic E-state index is 0.0411. The topological polar surface area (TPSA) is 155 Å². The highest BCUT2D eigenvalue weighted by Gasteiger charge is 2.42. The van der Waals surface area contributed by atoms with Crippen molar-refractivity contribution in [1.82, 2.24) is 35.6 Å². The highest BCUT2D eigenvalue weighted by atomic mass is 32.1. The number of likely N-dealkylation sites (N-methyl/N-ethyl adjacent to an activating group) is 3. The van der Waals surface area contributed by atoms with Gasteiger partial charge in [0.25, 0.3) is 0 Å². The summed E-state index contributed by atoms with van der Waals surface area (Å²) in [6, 6.07) is 9.66. The lowest BCUT2D eigenvalue weighted by atomic mass is 9.90. The smallest absolute Gasteiger partial charge is 0.242 e. The van der Waals surface area contributed by atoms with Crippen LogP contribution in [0.25, 0.3) is 0 Å². The lowest BCUT2D eigenvalue weighted by Gasteiger charge is -2.39. The molecule has 0 bridgehead atoms. The largest absolute Gasteiger partial charge is 0.379 e. The van der Waals surface area contributed by atoms with Crippen LogP contribution in [0.1, 0.15) is 104 Å². The first-order chi connectivity index (χ1) is 29.7. The van der Waals surface area contributed by atoms with Gasteiger partial charge in [-0.3, -0.25) is 19.2 Å². The van der Waals surface area contributed by atoms with Gasteiger partial charge in [-0.05, 0) is 57.7 Å². The van der Waals surface area contributed by atoms with Crippen molar-refractivity contribution in [2.24, 2.45) is 17.8 Å². The molecule has 3 rings (SSSR count). The molecule has 2 aromatic rings. The Morgan fingerprint density at radius 3 is 2.24 bits per heavy atom. The molecule has 1 saturated heterocycles. The highest BCUT2D eigenvalue weighted by molar-refractivity contribution is 7.09. The van der Waals surface area contributed by atoms with E-state index in [1.54, 1.807) is 32.4 Å². The number of aromatic nitrogens is 1. The number of ether oxygens (including phenoxy) is 3. The summed E-state index contributed by atoms with van der Waals surface area (Å²) in [5.74, 6) is -0.316. The molecule has 14 nitrogen and oxygen atoms in total. The van der Waals surface area contributed by atoms with Crippen molar-refractivity contribution in [1.29, 1.82) is 0 Å². The molecule has 8 atom stereocenters. The second kappa shape index (κ2) is 32.2. The number of hydrogen-bond acceptors (Lipinski definition) is 11.